The lowest BCUT2D eigenvalue weighted by molar-refractivity contribution is -0.143. The number of alkyl halides is 3. The molecule has 1 heterocycles. The average Bonchev–Trinajstić information content (AvgIpc) is 3.02. The lowest BCUT2D eigenvalue weighted by atomic mass is 10.1. The van der Waals surface area contributed by atoms with Crippen LogP contribution in [0.1, 0.15) is 46.9 Å². The van der Waals surface area contributed by atoms with E-state index < -0.39 is 29.4 Å². The van der Waals surface area contributed by atoms with E-state index in [1.807, 2.05) is 6.92 Å². The molecule has 0 radical (unpaired) electrons. The zero-order valence-corrected chi connectivity index (χ0v) is 18.4. The molecule has 9 heteroatoms. The number of rotatable bonds is 7. The number of benzene rings is 2. The first-order valence-corrected chi connectivity index (χ1v) is 10.3. The van der Waals surface area contributed by atoms with E-state index in [0.29, 0.717) is 23.1 Å². The lowest BCUT2D eigenvalue weighted by Gasteiger charge is -2.10. The summed E-state index contributed by atoms with van der Waals surface area (Å²) in [5.74, 6) is -1.94. The monoisotopic (exact) mass is 465 g/mol. The first kappa shape index (κ1) is 24.3. The molecule has 0 amide bonds. The molecule has 0 unspecified atom stereocenters. The highest BCUT2D eigenvalue weighted by molar-refractivity contribution is 6.05. The summed E-state index contributed by atoms with van der Waals surface area (Å²) in [5, 5.41) is 0.415. The Bertz CT molecular complexity index is 1180. The topological polar surface area (TPSA) is 57.5 Å². The predicted octanol–water partition coefficient (Wildman–Crippen LogP) is 5.69. The second-order valence-electron chi connectivity index (χ2n) is 7.53. The van der Waals surface area contributed by atoms with Crippen molar-refractivity contribution in [3.8, 4) is 5.75 Å². The van der Waals surface area contributed by atoms with Crippen molar-refractivity contribution in [1.29, 1.82) is 0 Å². The Balaban J connectivity index is 2.09. The summed E-state index contributed by atoms with van der Waals surface area (Å²) in [5.41, 5.74) is 0.0721. The van der Waals surface area contributed by atoms with Crippen LogP contribution in [-0.2, 0) is 22.1 Å². The predicted molar refractivity (Wildman–Crippen MR) is 114 cm³/mol. The van der Waals surface area contributed by atoms with Crippen LogP contribution >= 0.6 is 0 Å². The van der Waals surface area contributed by atoms with E-state index in [1.165, 1.54) is 17.7 Å². The fourth-order valence-electron chi connectivity index (χ4n) is 3.58. The van der Waals surface area contributed by atoms with Crippen LogP contribution < -0.4 is 4.74 Å². The summed E-state index contributed by atoms with van der Waals surface area (Å²) in [6.07, 6.45) is -3.14. The quantitative estimate of drug-likeness (QED) is 0.256. The summed E-state index contributed by atoms with van der Waals surface area (Å²) < 4.78 is 64.6. The van der Waals surface area contributed by atoms with Crippen molar-refractivity contribution in [2.75, 3.05) is 13.7 Å². The molecule has 0 N–H and O–H groups in total. The van der Waals surface area contributed by atoms with Crippen molar-refractivity contribution in [3.05, 3.63) is 64.6 Å². The van der Waals surface area contributed by atoms with Gasteiger partial charge in [0.1, 0.15) is 0 Å². The molecule has 0 aliphatic carbocycles. The summed E-state index contributed by atoms with van der Waals surface area (Å²) in [4.78, 5) is 25.6. The number of esters is 1. The van der Waals surface area contributed by atoms with Crippen molar-refractivity contribution in [1.82, 2.24) is 4.57 Å². The normalized spacial score (nSPS) is 11.6. The first-order chi connectivity index (χ1) is 15.6. The molecule has 0 bridgehead atoms. The van der Waals surface area contributed by atoms with Crippen molar-refractivity contribution < 1.29 is 36.6 Å². The Morgan fingerprint density at radius 3 is 2.33 bits per heavy atom. The van der Waals surface area contributed by atoms with Gasteiger partial charge in [-0.15, -0.1) is 0 Å². The van der Waals surface area contributed by atoms with Crippen LogP contribution in [0.3, 0.4) is 0 Å². The van der Waals surface area contributed by atoms with Crippen LogP contribution in [0.15, 0.2) is 36.4 Å². The maximum absolute atomic E-state index is 14.5. The number of unbranched alkanes of at least 4 members (excludes halogenated alkanes) is 1. The molecule has 5 nitrogen and oxygen atoms in total. The molecule has 0 saturated heterocycles. The van der Waals surface area contributed by atoms with E-state index in [1.54, 1.807) is 6.92 Å². The molecule has 2 aromatic carbocycles. The highest BCUT2D eigenvalue weighted by Crippen LogP contribution is 2.33. The van der Waals surface area contributed by atoms with Gasteiger partial charge in [0.25, 0.3) is 5.91 Å². The van der Waals surface area contributed by atoms with Gasteiger partial charge in [-0.25, -0.2) is 4.39 Å². The number of nitrogens with zero attached hydrogens (tertiary/aromatic N) is 1. The summed E-state index contributed by atoms with van der Waals surface area (Å²) in [6.45, 7) is 3.80. The SMILES string of the molecule is CCCCOC(=O)Cc1c(C)n(C(=O)c2ccc(C(F)(F)F)cc2)c2cc(F)c(OC)cc12. The van der Waals surface area contributed by atoms with E-state index >= 15 is 0 Å². The number of methoxy groups -OCH3 is 1. The van der Waals surface area contributed by atoms with Gasteiger partial charge in [-0.3, -0.25) is 14.2 Å². The lowest BCUT2D eigenvalue weighted by Crippen LogP contribution is -2.15. The smallest absolute Gasteiger partial charge is 0.416 e. The maximum atomic E-state index is 14.5. The minimum atomic E-state index is -4.54. The van der Waals surface area contributed by atoms with Crippen LogP contribution in [0.4, 0.5) is 17.6 Å². The van der Waals surface area contributed by atoms with E-state index in [2.05, 4.69) is 0 Å². The van der Waals surface area contributed by atoms with Gasteiger partial charge in [0, 0.05) is 22.7 Å². The minimum Gasteiger partial charge on any atom is -0.494 e. The van der Waals surface area contributed by atoms with Crippen molar-refractivity contribution in [3.63, 3.8) is 0 Å². The third kappa shape index (κ3) is 5.02. The Morgan fingerprint density at radius 2 is 1.76 bits per heavy atom. The molecule has 0 atom stereocenters. The van der Waals surface area contributed by atoms with Gasteiger partial charge < -0.3 is 9.47 Å². The largest absolute Gasteiger partial charge is 0.494 e. The third-order valence-corrected chi connectivity index (χ3v) is 5.35. The molecule has 1 aromatic heterocycles. The standard InChI is InChI=1S/C24H23F4NO4/c1-4-5-10-33-22(30)12-17-14(2)29(20-13-19(25)21(32-3)11-18(17)20)23(31)15-6-8-16(9-7-15)24(26,27)28/h6-9,11,13H,4-5,10,12H2,1-3H3. The second kappa shape index (κ2) is 9.64. The Morgan fingerprint density at radius 1 is 1.09 bits per heavy atom. The summed E-state index contributed by atoms with van der Waals surface area (Å²) in [7, 11) is 1.29. The summed E-state index contributed by atoms with van der Waals surface area (Å²) in [6, 6.07) is 6.25. The molecule has 3 aromatic rings. The van der Waals surface area contributed by atoms with Gasteiger partial charge in [0.05, 0.1) is 31.2 Å². The van der Waals surface area contributed by atoms with Gasteiger partial charge in [-0.05, 0) is 49.2 Å². The molecule has 0 aliphatic rings. The Kier molecular flexibility index (Phi) is 7.09. The zero-order chi connectivity index (χ0) is 24.3. The third-order valence-electron chi connectivity index (χ3n) is 5.35. The first-order valence-electron chi connectivity index (χ1n) is 10.3. The molecule has 176 valence electrons. The molecule has 0 saturated carbocycles. The Labute approximate surface area is 187 Å². The van der Waals surface area contributed by atoms with Gasteiger partial charge in [0.2, 0.25) is 0 Å². The Hall–Kier alpha value is -3.36. The number of halogens is 4. The van der Waals surface area contributed by atoms with E-state index in [9.17, 15) is 27.2 Å². The van der Waals surface area contributed by atoms with Crippen molar-refractivity contribution >= 4 is 22.8 Å². The van der Waals surface area contributed by atoms with E-state index in [4.69, 9.17) is 9.47 Å². The van der Waals surface area contributed by atoms with Crippen LogP contribution in [0.2, 0.25) is 0 Å². The highest BCUT2D eigenvalue weighted by atomic mass is 19.4. The van der Waals surface area contributed by atoms with Gasteiger partial charge in [0.15, 0.2) is 11.6 Å². The van der Waals surface area contributed by atoms with Crippen LogP contribution in [0.5, 0.6) is 5.75 Å². The maximum Gasteiger partial charge on any atom is 0.416 e. The number of aromatic nitrogens is 1. The number of carbonyl (C=O) groups excluding carboxylic acids is 2. The number of carbonyl (C=O) groups is 2. The zero-order valence-electron chi connectivity index (χ0n) is 18.4. The van der Waals surface area contributed by atoms with Crippen LogP contribution in [-0.4, -0.2) is 30.2 Å². The second-order valence-corrected chi connectivity index (χ2v) is 7.53. The van der Waals surface area contributed by atoms with E-state index in [-0.39, 0.29) is 29.9 Å². The van der Waals surface area contributed by atoms with E-state index in [0.717, 1.165) is 36.8 Å². The number of ether oxygens (including phenoxy) is 2. The molecule has 0 spiro atoms. The van der Waals surface area contributed by atoms with Crippen molar-refractivity contribution in [2.45, 2.75) is 39.3 Å². The van der Waals surface area contributed by atoms with Gasteiger partial charge in [-0.1, -0.05) is 13.3 Å². The molecule has 0 fully saturated rings. The fraction of sp³-hybridized carbons (Fsp3) is 0.333. The molecular formula is C24H23F4NO4. The molecule has 3 rings (SSSR count). The minimum absolute atomic E-state index is 0.0173. The van der Waals surface area contributed by atoms with Crippen LogP contribution in [0, 0.1) is 12.7 Å². The number of hydrogen-bond acceptors (Lipinski definition) is 4. The average molecular weight is 465 g/mol. The van der Waals surface area contributed by atoms with Crippen molar-refractivity contribution in [2.24, 2.45) is 0 Å². The summed E-state index contributed by atoms with van der Waals surface area (Å²) >= 11 is 0. The van der Waals surface area contributed by atoms with Crippen LogP contribution in [0.25, 0.3) is 10.9 Å². The highest BCUT2D eigenvalue weighted by Gasteiger charge is 2.30. The fourth-order valence-corrected chi connectivity index (χ4v) is 3.58. The van der Waals surface area contributed by atoms with Gasteiger partial charge in [-0.2, -0.15) is 13.2 Å². The van der Waals surface area contributed by atoms with Gasteiger partial charge >= 0.3 is 12.1 Å². The number of hydrogen-bond donors (Lipinski definition) is 0. The molecule has 0 aliphatic heterocycles. The number of fused-ring (bicyclic) bond motifs is 1. The molecular weight excluding hydrogens is 442 g/mol. The molecule has 33 heavy (non-hydrogen) atoms.